The first-order valence-corrected chi connectivity index (χ1v) is 7.42. The highest BCUT2D eigenvalue weighted by molar-refractivity contribution is 6.33. The molecule has 0 aliphatic carbocycles. The topological polar surface area (TPSA) is 3.24 Å². The average molecular weight is 330 g/mol. The maximum atomic E-state index is 14.3. The maximum Gasteiger partial charge on any atom is 0.135 e. The molecule has 0 radical (unpaired) electrons. The van der Waals surface area contributed by atoms with E-state index in [-0.39, 0.29) is 5.56 Å². The highest BCUT2D eigenvalue weighted by Crippen LogP contribution is 2.40. The van der Waals surface area contributed by atoms with Crippen LogP contribution in [0.2, 0.25) is 0 Å². The summed E-state index contributed by atoms with van der Waals surface area (Å²) in [7, 11) is 1.70. The molecule has 1 heterocycles. The van der Waals surface area contributed by atoms with Crippen LogP contribution in [0, 0.1) is 11.6 Å². The number of likely N-dealkylation sites (N-methyl/N-ethyl adjacent to an activating group) is 1. The number of halogens is 3. The smallest absolute Gasteiger partial charge is 0.135 e. The zero-order chi connectivity index (χ0) is 16.6. The summed E-state index contributed by atoms with van der Waals surface area (Å²) in [6, 6.07) is 13.2. The molecule has 116 valence electrons. The minimum atomic E-state index is -0.625. The molecule has 1 nitrogen and oxygen atoms in total. The van der Waals surface area contributed by atoms with Crippen LogP contribution in [0.3, 0.4) is 0 Å². The summed E-state index contributed by atoms with van der Waals surface area (Å²) in [5.41, 5.74) is 2.28. The second-order valence-corrected chi connectivity index (χ2v) is 5.63. The molecule has 1 aliphatic rings. The Kier molecular flexibility index (Phi) is 4.05. The molecule has 4 heteroatoms. The van der Waals surface area contributed by atoms with Gasteiger partial charge in [0.25, 0.3) is 0 Å². The van der Waals surface area contributed by atoms with Crippen LogP contribution < -0.4 is 0 Å². The highest BCUT2D eigenvalue weighted by atomic mass is 35.5. The Hall–Kier alpha value is -2.39. The van der Waals surface area contributed by atoms with Crippen molar-refractivity contribution in [1.82, 2.24) is 4.90 Å². The van der Waals surface area contributed by atoms with Crippen LogP contribution in [0.4, 0.5) is 8.78 Å². The van der Waals surface area contributed by atoms with Crippen LogP contribution in [0.15, 0.2) is 71.9 Å². The predicted molar refractivity (Wildman–Crippen MR) is 90.5 cm³/mol. The lowest BCUT2D eigenvalue weighted by molar-refractivity contribution is 0.550. The molecule has 0 amide bonds. The second kappa shape index (κ2) is 6.01. The third kappa shape index (κ3) is 2.68. The summed E-state index contributed by atoms with van der Waals surface area (Å²) in [5, 5.41) is 0.437. The first kappa shape index (κ1) is 15.5. The number of hydrogen-bond donors (Lipinski definition) is 0. The van der Waals surface area contributed by atoms with Gasteiger partial charge in [-0.2, -0.15) is 0 Å². The van der Waals surface area contributed by atoms with Crippen molar-refractivity contribution in [1.29, 1.82) is 0 Å². The van der Waals surface area contributed by atoms with E-state index in [0.717, 1.165) is 5.56 Å². The molecule has 0 N–H and O–H groups in total. The number of allylic oxidation sites excluding steroid dienone is 3. The number of rotatable bonds is 2. The summed E-state index contributed by atoms with van der Waals surface area (Å²) < 4.78 is 28.7. The monoisotopic (exact) mass is 329 g/mol. The summed E-state index contributed by atoms with van der Waals surface area (Å²) in [6.07, 6.45) is 1.69. The van der Waals surface area contributed by atoms with Crippen molar-refractivity contribution in [3.63, 3.8) is 0 Å². The van der Waals surface area contributed by atoms with E-state index in [4.69, 9.17) is 11.6 Å². The second-order valence-electron chi connectivity index (χ2n) is 5.22. The molecule has 0 spiro atoms. The van der Waals surface area contributed by atoms with Gasteiger partial charge in [0.1, 0.15) is 11.6 Å². The fourth-order valence-electron chi connectivity index (χ4n) is 2.62. The summed E-state index contributed by atoms with van der Waals surface area (Å²) in [5.74, 6) is -1.25. The lowest BCUT2D eigenvalue weighted by Crippen LogP contribution is -2.22. The third-order valence-electron chi connectivity index (χ3n) is 3.83. The van der Waals surface area contributed by atoms with E-state index < -0.39 is 11.6 Å². The molecular formula is C19H14ClF2N. The fourth-order valence-corrected chi connectivity index (χ4v) is 2.85. The Labute approximate surface area is 138 Å². The first-order valence-electron chi connectivity index (χ1n) is 7.05. The van der Waals surface area contributed by atoms with Gasteiger partial charge in [-0.3, -0.25) is 0 Å². The van der Waals surface area contributed by atoms with E-state index in [1.165, 1.54) is 18.2 Å². The lowest BCUT2D eigenvalue weighted by Gasteiger charge is -2.31. The summed E-state index contributed by atoms with van der Waals surface area (Å²) >= 11 is 6.24. The van der Waals surface area contributed by atoms with E-state index >= 15 is 0 Å². The molecule has 0 bridgehead atoms. The van der Waals surface area contributed by atoms with Crippen LogP contribution in [-0.2, 0) is 0 Å². The Bertz CT molecular complexity index is 817. The molecule has 23 heavy (non-hydrogen) atoms. The van der Waals surface area contributed by atoms with Gasteiger partial charge in [0, 0.05) is 12.6 Å². The van der Waals surface area contributed by atoms with E-state index in [0.29, 0.717) is 22.0 Å². The number of nitrogens with zero attached hydrogens (tertiary/aromatic N) is 1. The van der Waals surface area contributed by atoms with Gasteiger partial charge in [0.15, 0.2) is 0 Å². The third-order valence-corrected chi connectivity index (χ3v) is 4.15. The van der Waals surface area contributed by atoms with E-state index in [1.54, 1.807) is 18.0 Å². The quantitative estimate of drug-likeness (QED) is 0.711. The van der Waals surface area contributed by atoms with E-state index in [9.17, 15) is 8.78 Å². The molecule has 0 saturated carbocycles. The van der Waals surface area contributed by atoms with Gasteiger partial charge in [-0.1, -0.05) is 54.6 Å². The normalized spacial score (nSPS) is 15.0. The molecule has 3 rings (SSSR count). The van der Waals surface area contributed by atoms with Crippen molar-refractivity contribution in [3.8, 4) is 0 Å². The average Bonchev–Trinajstić information content (AvgIpc) is 2.55. The van der Waals surface area contributed by atoms with Crippen molar-refractivity contribution in [2.75, 3.05) is 7.05 Å². The van der Waals surface area contributed by atoms with Crippen LogP contribution in [-0.4, -0.2) is 11.9 Å². The van der Waals surface area contributed by atoms with Gasteiger partial charge in [-0.25, -0.2) is 8.78 Å². The Morgan fingerprint density at radius 1 is 0.957 bits per heavy atom. The Morgan fingerprint density at radius 2 is 1.57 bits per heavy atom. The van der Waals surface area contributed by atoms with Gasteiger partial charge in [0.2, 0.25) is 0 Å². The molecule has 0 atom stereocenters. The van der Waals surface area contributed by atoms with Gasteiger partial charge in [-0.15, -0.1) is 0 Å². The Morgan fingerprint density at radius 3 is 2.17 bits per heavy atom. The molecule has 0 aromatic heterocycles. The molecule has 0 saturated heterocycles. The molecule has 0 fully saturated rings. The maximum absolute atomic E-state index is 14.3. The Balaban J connectivity index is 2.36. The van der Waals surface area contributed by atoms with Crippen molar-refractivity contribution in [2.24, 2.45) is 0 Å². The molecule has 0 unspecified atom stereocenters. The van der Waals surface area contributed by atoms with Crippen molar-refractivity contribution in [3.05, 3.63) is 94.7 Å². The summed E-state index contributed by atoms with van der Waals surface area (Å²) in [6.45, 7) is 3.89. The van der Waals surface area contributed by atoms with Gasteiger partial charge in [0.05, 0.1) is 22.0 Å². The van der Waals surface area contributed by atoms with Gasteiger partial charge >= 0.3 is 0 Å². The minimum absolute atomic E-state index is 0.0876. The summed E-state index contributed by atoms with van der Waals surface area (Å²) in [4.78, 5) is 1.62. The van der Waals surface area contributed by atoms with Crippen LogP contribution in [0.1, 0.15) is 11.1 Å². The standard InChI is InChI=1S/C19H14ClF2N/c1-12-15(20)11-14(13-7-4-3-5-8-13)19(23(12)2)18-16(21)9-6-10-17(18)22/h3-11H,1H2,2H3. The molecule has 2 aromatic carbocycles. The zero-order valence-electron chi connectivity index (χ0n) is 12.5. The minimum Gasteiger partial charge on any atom is -0.343 e. The SMILES string of the molecule is C=C1C(Cl)=CC(c2ccccc2)=C(c2c(F)cccc2F)N1C. The molecular weight excluding hydrogens is 316 g/mol. The van der Waals surface area contributed by atoms with Crippen molar-refractivity contribution >= 4 is 22.9 Å². The number of hydrogen-bond acceptors (Lipinski definition) is 1. The lowest BCUT2D eigenvalue weighted by atomic mass is 9.94. The van der Waals surface area contributed by atoms with Crippen molar-refractivity contribution < 1.29 is 8.78 Å². The van der Waals surface area contributed by atoms with E-state index in [2.05, 4.69) is 6.58 Å². The number of benzene rings is 2. The van der Waals surface area contributed by atoms with Crippen LogP contribution in [0.5, 0.6) is 0 Å². The highest BCUT2D eigenvalue weighted by Gasteiger charge is 2.27. The molecule has 2 aromatic rings. The van der Waals surface area contributed by atoms with Gasteiger partial charge in [-0.05, 0) is 23.8 Å². The van der Waals surface area contributed by atoms with Crippen molar-refractivity contribution in [2.45, 2.75) is 0 Å². The van der Waals surface area contributed by atoms with Crippen LogP contribution in [0.25, 0.3) is 11.3 Å². The zero-order valence-corrected chi connectivity index (χ0v) is 13.2. The fraction of sp³-hybridized carbons (Fsp3) is 0.0526. The largest absolute Gasteiger partial charge is 0.343 e. The van der Waals surface area contributed by atoms with Crippen LogP contribution >= 0.6 is 11.6 Å². The molecule has 1 aliphatic heterocycles. The first-order chi connectivity index (χ1) is 11.0. The predicted octanol–water partition coefficient (Wildman–Crippen LogP) is 5.41. The van der Waals surface area contributed by atoms with Gasteiger partial charge < -0.3 is 4.90 Å². The van der Waals surface area contributed by atoms with E-state index in [1.807, 2.05) is 30.3 Å².